The van der Waals surface area contributed by atoms with Crippen molar-refractivity contribution in [3.63, 3.8) is 0 Å². The van der Waals surface area contributed by atoms with Crippen molar-refractivity contribution in [1.29, 1.82) is 5.26 Å². The van der Waals surface area contributed by atoms with Gasteiger partial charge < -0.3 is 0 Å². The maximum absolute atomic E-state index is 9.82. The Kier molecular flexibility index (Phi) is 4.76. The standard InChI is InChI=1S/C28H25N3S/c1-16-8-17(2)10-20(9-16)25-27-23(21(13-29)15-31-25)22-7-6-19-11-18(12-28(3,4)5)14-30-24(19)26(22)32-27/h6-11,14-15H,12H2,1-5H3. The number of aromatic nitrogens is 2. The largest absolute Gasteiger partial charge is 0.254 e. The molecule has 0 spiro atoms. The lowest BCUT2D eigenvalue weighted by molar-refractivity contribution is 0.411. The molecule has 32 heavy (non-hydrogen) atoms. The highest BCUT2D eigenvalue weighted by atomic mass is 32.1. The highest BCUT2D eigenvalue weighted by Crippen LogP contribution is 2.43. The van der Waals surface area contributed by atoms with Crippen molar-refractivity contribution in [1.82, 2.24) is 9.97 Å². The molecule has 0 aliphatic heterocycles. The molecule has 0 fully saturated rings. The van der Waals surface area contributed by atoms with E-state index in [4.69, 9.17) is 9.97 Å². The minimum Gasteiger partial charge on any atom is -0.254 e. The Morgan fingerprint density at radius 2 is 1.69 bits per heavy atom. The maximum atomic E-state index is 9.82. The molecule has 0 radical (unpaired) electrons. The van der Waals surface area contributed by atoms with Gasteiger partial charge in [-0.15, -0.1) is 11.3 Å². The van der Waals surface area contributed by atoms with Crippen LogP contribution in [-0.4, -0.2) is 9.97 Å². The van der Waals surface area contributed by atoms with Gasteiger partial charge in [-0.25, -0.2) is 0 Å². The predicted octanol–water partition coefficient (Wildman–Crippen LogP) is 7.74. The van der Waals surface area contributed by atoms with E-state index in [1.807, 2.05) is 6.20 Å². The molecule has 3 nitrogen and oxygen atoms in total. The van der Waals surface area contributed by atoms with E-state index in [9.17, 15) is 5.26 Å². The third kappa shape index (κ3) is 3.53. The van der Waals surface area contributed by atoms with E-state index >= 15 is 0 Å². The third-order valence-corrected chi connectivity index (χ3v) is 6.94. The smallest absolute Gasteiger partial charge is 0.101 e. The summed E-state index contributed by atoms with van der Waals surface area (Å²) >= 11 is 1.70. The van der Waals surface area contributed by atoms with Crippen LogP contribution in [0.2, 0.25) is 0 Å². The number of hydrogen-bond acceptors (Lipinski definition) is 4. The normalized spacial score (nSPS) is 12.0. The zero-order valence-corrected chi connectivity index (χ0v) is 19.9. The highest BCUT2D eigenvalue weighted by molar-refractivity contribution is 7.27. The van der Waals surface area contributed by atoms with Crippen LogP contribution in [0.5, 0.6) is 0 Å². The van der Waals surface area contributed by atoms with Gasteiger partial charge in [0.1, 0.15) is 6.07 Å². The van der Waals surface area contributed by atoms with E-state index in [0.29, 0.717) is 5.56 Å². The predicted molar refractivity (Wildman–Crippen MR) is 135 cm³/mol. The molecule has 0 N–H and O–H groups in total. The summed E-state index contributed by atoms with van der Waals surface area (Å²) in [4.78, 5) is 9.61. The Labute approximate surface area is 192 Å². The number of benzene rings is 2. The topological polar surface area (TPSA) is 49.6 Å². The number of pyridine rings is 2. The molecule has 3 heterocycles. The molecule has 0 aliphatic carbocycles. The highest BCUT2D eigenvalue weighted by Gasteiger charge is 2.19. The fraction of sp³-hybridized carbons (Fsp3) is 0.250. The summed E-state index contributed by atoms with van der Waals surface area (Å²) in [5, 5.41) is 13.0. The molecule has 0 saturated carbocycles. The Balaban J connectivity index is 1.81. The van der Waals surface area contributed by atoms with E-state index in [1.165, 1.54) is 16.7 Å². The van der Waals surface area contributed by atoms with Gasteiger partial charge in [0.05, 0.1) is 26.2 Å². The first-order valence-corrected chi connectivity index (χ1v) is 11.7. The van der Waals surface area contributed by atoms with E-state index < -0.39 is 0 Å². The van der Waals surface area contributed by atoms with E-state index in [0.717, 1.165) is 48.8 Å². The zero-order valence-electron chi connectivity index (χ0n) is 19.1. The molecule has 5 aromatic rings. The van der Waals surface area contributed by atoms with Crippen molar-refractivity contribution in [3.8, 4) is 17.3 Å². The molecule has 0 atom stereocenters. The zero-order chi connectivity index (χ0) is 22.6. The van der Waals surface area contributed by atoms with Gasteiger partial charge in [0.2, 0.25) is 0 Å². The molecular formula is C28H25N3S. The second-order valence-corrected chi connectivity index (χ2v) is 10.9. The van der Waals surface area contributed by atoms with Crippen LogP contribution in [0, 0.1) is 30.6 Å². The Morgan fingerprint density at radius 3 is 2.38 bits per heavy atom. The fourth-order valence-electron chi connectivity index (χ4n) is 4.59. The van der Waals surface area contributed by atoms with Gasteiger partial charge in [-0.1, -0.05) is 50.1 Å². The van der Waals surface area contributed by atoms with Gasteiger partial charge in [0.15, 0.2) is 0 Å². The summed E-state index contributed by atoms with van der Waals surface area (Å²) in [5.74, 6) is 0. The van der Waals surface area contributed by atoms with Gasteiger partial charge in [-0.2, -0.15) is 5.26 Å². The minimum absolute atomic E-state index is 0.214. The molecule has 0 unspecified atom stereocenters. The van der Waals surface area contributed by atoms with Crippen molar-refractivity contribution < 1.29 is 0 Å². The van der Waals surface area contributed by atoms with Gasteiger partial charge in [0, 0.05) is 34.1 Å². The monoisotopic (exact) mass is 435 g/mol. The van der Waals surface area contributed by atoms with E-state index in [2.05, 4.69) is 77.1 Å². The molecule has 0 amide bonds. The molecule has 0 saturated heterocycles. The number of fused-ring (bicyclic) bond motifs is 5. The fourth-order valence-corrected chi connectivity index (χ4v) is 5.93. The molecule has 0 bridgehead atoms. The number of nitriles is 1. The molecule has 0 aliphatic rings. The number of thiophene rings is 1. The summed E-state index contributed by atoms with van der Waals surface area (Å²) < 4.78 is 2.17. The van der Waals surface area contributed by atoms with Crippen LogP contribution >= 0.6 is 11.3 Å². The Bertz CT molecular complexity index is 1540. The lowest BCUT2D eigenvalue weighted by atomic mass is 9.88. The van der Waals surface area contributed by atoms with Crippen molar-refractivity contribution in [2.24, 2.45) is 5.41 Å². The number of nitrogens with zero attached hydrogens (tertiary/aromatic N) is 3. The lowest BCUT2D eigenvalue weighted by Gasteiger charge is -2.18. The van der Waals surface area contributed by atoms with Crippen LogP contribution in [0.15, 0.2) is 48.8 Å². The van der Waals surface area contributed by atoms with Crippen LogP contribution in [0.1, 0.15) is 43.0 Å². The summed E-state index contributed by atoms with van der Waals surface area (Å²) in [7, 11) is 0. The molecule has 5 rings (SSSR count). The third-order valence-electron chi connectivity index (χ3n) is 5.72. The average molecular weight is 436 g/mol. The average Bonchev–Trinajstić information content (AvgIpc) is 3.11. The second kappa shape index (κ2) is 7.39. The van der Waals surface area contributed by atoms with E-state index in [-0.39, 0.29) is 5.41 Å². The SMILES string of the molecule is Cc1cc(C)cc(-c2ncc(C#N)c3c2sc2c3ccc3cc(CC(C)(C)C)cnc32)c1. The van der Waals surface area contributed by atoms with Crippen LogP contribution in [0.4, 0.5) is 0 Å². The molecule has 2 aromatic carbocycles. The second-order valence-electron chi connectivity index (χ2n) is 9.91. The van der Waals surface area contributed by atoms with E-state index in [1.54, 1.807) is 17.5 Å². The lowest BCUT2D eigenvalue weighted by Crippen LogP contribution is -2.09. The maximum Gasteiger partial charge on any atom is 0.101 e. The Morgan fingerprint density at radius 1 is 0.938 bits per heavy atom. The molecule has 158 valence electrons. The van der Waals surface area contributed by atoms with Gasteiger partial charge in [0.25, 0.3) is 0 Å². The number of hydrogen-bond donors (Lipinski definition) is 0. The summed E-state index contributed by atoms with van der Waals surface area (Å²) in [5.41, 5.74) is 7.52. The summed E-state index contributed by atoms with van der Waals surface area (Å²) in [6, 6.07) is 15.4. The quantitative estimate of drug-likeness (QED) is 0.285. The Hall–Kier alpha value is -3.29. The van der Waals surface area contributed by atoms with Crippen LogP contribution in [0.3, 0.4) is 0 Å². The summed E-state index contributed by atoms with van der Waals surface area (Å²) in [6.07, 6.45) is 4.71. The first kappa shape index (κ1) is 20.6. The van der Waals surface area contributed by atoms with Crippen molar-refractivity contribution >= 4 is 42.4 Å². The van der Waals surface area contributed by atoms with Gasteiger partial charge in [-0.05, 0) is 49.4 Å². The first-order valence-electron chi connectivity index (χ1n) is 10.9. The van der Waals surface area contributed by atoms with Crippen molar-refractivity contribution in [2.45, 2.75) is 41.0 Å². The van der Waals surface area contributed by atoms with Gasteiger partial charge in [-0.3, -0.25) is 9.97 Å². The van der Waals surface area contributed by atoms with Crippen molar-refractivity contribution in [2.75, 3.05) is 0 Å². The summed E-state index contributed by atoms with van der Waals surface area (Å²) in [6.45, 7) is 11.0. The number of rotatable bonds is 2. The molecular weight excluding hydrogens is 410 g/mol. The van der Waals surface area contributed by atoms with Gasteiger partial charge >= 0.3 is 0 Å². The molecule has 3 aromatic heterocycles. The first-order chi connectivity index (χ1) is 15.2. The minimum atomic E-state index is 0.214. The van der Waals surface area contributed by atoms with Crippen LogP contribution in [-0.2, 0) is 6.42 Å². The molecule has 4 heteroatoms. The van der Waals surface area contributed by atoms with Crippen LogP contribution < -0.4 is 0 Å². The van der Waals surface area contributed by atoms with Crippen molar-refractivity contribution in [3.05, 3.63) is 71.0 Å². The van der Waals surface area contributed by atoms with Crippen LogP contribution in [0.25, 0.3) is 42.3 Å². The number of aryl methyl sites for hydroxylation is 2.